The quantitative estimate of drug-likeness (QED) is 0.624. The Morgan fingerprint density at radius 2 is 1.63 bits per heavy atom. The highest BCUT2D eigenvalue weighted by atomic mass is 32.2. The van der Waals surface area contributed by atoms with Gasteiger partial charge in [-0.05, 0) is 48.5 Å². The van der Waals surface area contributed by atoms with E-state index in [1.807, 2.05) is 0 Å². The van der Waals surface area contributed by atoms with Gasteiger partial charge < -0.3 is 10.4 Å². The lowest BCUT2D eigenvalue weighted by Crippen LogP contribution is -2.15. The number of nitrogens with one attached hydrogen (secondary N) is 2. The van der Waals surface area contributed by atoms with E-state index in [1.54, 1.807) is 12.1 Å². The summed E-state index contributed by atoms with van der Waals surface area (Å²) in [6.07, 6.45) is 0. The Balaban J connectivity index is 1.76. The van der Waals surface area contributed by atoms with Crippen LogP contribution in [-0.4, -0.2) is 19.4 Å². The van der Waals surface area contributed by atoms with Gasteiger partial charge in [0.2, 0.25) is 0 Å². The van der Waals surface area contributed by atoms with Crippen molar-refractivity contribution in [3.05, 3.63) is 84.2 Å². The van der Waals surface area contributed by atoms with E-state index in [1.165, 1.54) is 54.6 Å². The number of benzene rings is 3. The number of phenols is 1. The molecule has 0 aliphatic heterocycles. The van der Waals surface area contributed by atoms with Crippen molar-refractivity contribution in [2.75, 3.05) is 10.0 Å². The van der Waals surface area contributed by atoms with Crippen LogP contribution >= 0.6 is 0 Å². The minimum Gasteiger partial charge on any atom is -0.508 e. The number of sulfonamides is 1. The van der Waals surface area contributed by atoms with Crippen LogP contribution in [-0.2, 0) is 10.0 Å². The summed E-state index contributed by atoms with van der Waals surface area (Å²) in [6, 6.07) is 16.6. The van der Waals surface area contributed by atoms with Crippen LogP contribution < -0.4 is 10.0 Å². The zero-order valence-electron chi connectivity index (χ0n) is 13.9. The van der Waals surface area contributed by atoms with E-state index >= 15 is 0 Å². The Hall–Kier alpha value is -3.39. The van der Waals surface area contributed by atoms with E-state index in [0.717, 1.165) is 6.07 Å². The van der Waals surface area contributed by atoms with Gasteiger partial charge in [0.15, 0.2) is 0 Å². The van der Waals surface area contributed by atoms with E-state index in [9.17, 15) is 22.7 Å². The third-order valence-corrected chi connectivity index (χ3v) is 5.03. The number of amides is 1. The largest absolute Gasteiger partial charge is 0.508 e. The molecule has 138 valence electrons. The van der Waals surface area contributed by atoms with E-state index < -0.39 is 21.7 Å². The molecule has 3 aromatic carbocycles. The van der Waals surface area contributed by atoms with Gasteiger partial charge in [-0.15, -0.1) is 0 Å². The zero-order chi connectivity index (χ0) is 19.4. The van der Waals surface area contributed by atoms with E-state index in [0.29, 0.717) is 5.69 Å². The minimum absolute atomic E-state index is 0.00783. The average Bonchev–Trinajstić information content (AvgIpc) is 2.64. The molecule has 0 radical (unpaired) electrons. The molecule has 0 aromatic heterocycles. The third-order valence-electron chi connectivity index (χ3n) is 3.65. The number of hydrogen-bond donors (Lipinski definition) is 3. The Bertz CT molecular complexity index is 1080. The van der Waals surface area contributed by atoms with Gasteiger partial charge in [0.25, 0.3) is 15.9 Å². The first-order valence-electron chi connectivity index (χ1n) is 7.83. The molecule has 3 aromatic rings. The van der Waals surface area contributed by atoms with Crippen LogP contribution in [0.25, 0.3) is 0 Å². The number of rotatable bonds is 5. The molecule has 8 heteroatoms. The molecule has 0 bridgehead atoms. The molecule has 0 atom stereocenters. The van der Waals surface area contributed by atoms with Gasteiger partial charge in [0, 0.05) is 17.3 Å². The van der Waals surface area contributed by atoms with Gasteiger partial charge >= 0.3 is 0 Å². The number of phenolic OH excluding ortho intramolecular Hbond substituents is 1. The molecular formula is C19H15FN2O4S. The highest BCUT2D eigenvalue weighted by Gasteiger charge is 2.17. The van der Waals surface area contributed by atoms with Gasteiger partial charge in [0.1, 0.15) is 11.6 Å². The molecule has 0 spiro atoms. The van der Waals surface area contributed by atoms with E-state index in [-0.39, 0.29) is 21.9 Å². The number of para-hydroxylation sites is 1. The summed E-state index contributed by atoms with van der Waals surface area (Å²) >= 11 is 0. The highest BCUT2D eigenvalue weighted by Crippen LogP contribution is 2.20. The Morgan fingerprint density at radius 1 is 0.926 bits per heavy atom. The molecule has 3 rings (SSSR count). The smallest absolute Gasteiger partial charge is 0.261 e. The molecule has 0 aliphatic rings. The van der Waals surface area contributed by atoms with Crippen LogP contribution in [0.15, 0.2) is 77.7 Å². The van der Waals surface area contributed by atoms with Crippen molar-refractivity contribution < 1.29 is 22.7 Å². The number of anilines is 2. The fourth-order valence-electron chi connectivity index (χ4n) is 2.32. The van der Waals surface area contributed by atoms with E-state index in [2.05, 4.69) is 10.0 Å². The van der Waals surface area contributed by atoms with Gasteiger partial charge in [-0.3, -0.25) is 9.52 Å². The Morgan fingerprint density at radius 3 is 2.30 bits per heavy atom. The molecule has 0 saturated heterocycles. The molecular weight excluding hydrogens is 371 g/mol. The normalized spacial score (nSPS) is 11.0. The third kappa shape index (κ3) is 4.42. The maximum absolute atomic E-state index is 13.6. The summed E-state index contributed by atoms with van der Waals surface area (Å²) in [7, 11) is -4.00. The summed E-state index contributed by atoms with van der Waals surface area (Å²) in [5, 5.41) is 12.0. The highest BCUT2D eigenvalue weighted by molar-refractivity contribution is 7.92. The summed E-state index contributed by atoms with van der Waals surface area (Å²) in [6.45, 7) is 0. The Kier molecular flexibility index (Phi) is 5.09. The number of aromatic hydroxyl groups is 1. The molecule has 1 amide bonds. The zero-order valence-corrected chi connectivity index (χ0v) is 14.7. The maximum atomic E-state index is 13.6. The summed E-state index contributed by atoms with van der Waals surface area (Å²) in [5.74, 6) is -1.15. The van der Waals surface area contributed by atoms with Crippen molar-refractivity contribution in [3.63, 3.8) is 0 Å². The molecule has 0 aliphatic carbocycles. The maximum Gasteiger partial charge on any atom is 0.261 e. The number of carbonyl (C=O) groups excluding carboxylic acids is 1. The van der Waals surface area contributed by atoms with Gasteiger partial charge in [-0.25, -0.2) is 12.8 Å². The summed E-state index contributed by atoms with van der Waals surface area (Å²) < 4.78 is 40.5. The molecule has 27 heavy (non-hydrogen) atoms. The summed E-state index contributed by atoms with van der Waals surface area (Å²) in [4.78, 5) is 12.1. The van der Waals surface area contributed by atoms with Gasteiger partial charge in [0.05, 0.1) is 10.6 Å². The van der Waals surface area contributed by atoms with Crippen LogP contribution in [0.1, 0.15) is 10.4 Å². The predicted octanol–water partition coefficient (Wildman–Crippen LogP) is 3.58. The fourth-order valence-corrected chi connectivity index (χ4v) is 3.39. The standard InChI is InChI=1S/C19H15FN2O4S/c20-17-6-1-2-7-18(17)22-27(25,26)16-10-8-13(9-11-16)19(24)21-14-4-3-5-15(23)12-14/h1-12,22-23H,(H,21,24). The van der Waals surface area contributed by atoms with Crippen LogP contribution in [0, 0.1) is 5.82 Å². The lowest BCUT2D eigenvalue weighted by Gasteiger charge is -2.10. The first kappa shape index (κ1) is 18.4. The van der Waals surface area contributed by atoms with Crippen molar-refractivity contribution in [3.8, 4) is 5.75 Å². The molecule has 0 heterocycles. The van der Waals surface area contributed by atoms with Crippen LogP contribution in [0.2, 0.25) is 0 Å². The van der Waals surface area contributed by atoms with Crippen molar-refractivity contribution in [1.29, 1.82) is 0 Å². The first-order chi connectivity index (χ1) is 12.8. The van der Waals surface area contributed by atoms with Crippen molar-refractivity contribution in [1.82, 2.24) is 0 Å². The number of carbonyl (C=O) groups is 1. The van der Waals surface area contributed by atoms with Crippen molar-refractivity contribution in [2.45, 2.75) is 4.90 Å². The topological polar surface area (TPSA) is 95.5 Å². The molecule has 3 N–H and O–H groups in total. The lowest BCUT2D eigenvalue weighted by atomic mass is 10.2. The second-order valence-corrected chi connectivity index (χ2v) is 7.30. The monoisotopic (exact) mass is 386 g/mol. The Labute approximate surface area is 155 Å². The second-order valence-electron chi connectivity index (χ2n) is 5.61. The van der Waals surface area contributed by atoms with Crippen molar-refractivity contribution >= 4 is 27.3 Å². The molecule has 0 saturated carbocycles. The predicted molar refractivity (Wildman–Crippen MR) is 99.7 cm³/mol. The van der Waals surface area contributed by atoms with Crippen LogP contribution in [0.3, 0.4) is 0 Å². The molecule has 0 fully saturated rings. The van der Waals surface area contributed by atoms with Crippen LogP contribution in [0.4, 0.5) is 15.8 Å². The van der Waals surface area contributed by atoms with E-state index in [4.69, 9.17) is 0 Å². The SMILES string of the molecule is O=C(Nc1cccc(O)c1)c1ccc(S(=O)(=O)Nc2ccccc2F)cc1. The van der Waals surface area contributed by atoms with Gasteiger partial charge in [-0.1, -0.05) is 18.2 Å². The number of halogens is 1. The average molecular weight is 386 g/mol. The minimum atomic E-state index is -4.00. The van der Waals surface area contributed by atoms with Crippen molar-refractivity contribution in [2.24, 2.45) is 0 Å². The van der Waals surface area contributed by atoms with Crippen LogP contribution in [0.5, 0.6) is 5.75 Å². The molecule has 0 unspecified atom stereocenters. The first-order valence-corrected chi connectivity index (χ1v) is 9.31. The second kappa shape index (κ2) is 7.46. The van der Waals surface area contributed by atoms with Gasteiger partial charge in [-0.2, -0.15) is 0 Å². The summed E-state index contributed by atoms with van der Waals surface area (Å²) in [5.41, 5.74) is 0.462. The number of hydrogen-bond acceptors (Lipinski definition) is 4. The fraction of sp³-hybridized carbons (Fsp3) is 0. The lowest BCUT2D eigenvalue weighted by molar-refractivity contribution is 0.102. The molecule has 6 nitrogen and oxygen atoms in total.